The second kappa shape index (κ2) is 9.19. The number of alkyl halides is 3. The van der Waals surface area contributed by atoms with E-state index >= 15 is 0 Å². The number of nitrogens with zero attached hydrogens (tertiary/aromatic N) is 1. The Morgan fingerprint density at radius 1 is 1.25 bits per heavy atom. The molecule has 1 N–H and O–H groups in total. The fourth-order valence-electron chi connectivity index (χ4n) is 3.72. The number of halogens is 4. The van der Waals surface area contributed by atoms with E-state index in [1.807, 2.05) is 12.1 Å². The van der Waals surface area contributed by atoms with Gasteiger partial charge in [0.15, 0.2) is 0 Å². The van der Waals surface area contributed by atoms with Crippen molar-refractivity contribution >= 4 is 33.2 Å². The highest BCUT2D eigenvalue weighted by atomic mass is 35.5. The van der Waals surface area contributed by atoms with Crippen molar-refractivity contribution in [3.63, 3.8) is 0 Å². The zero-order chi connectivity index (χ0) is 23.7. The summed E-state index contributed by atoms with van der Waals surface area (Å²) in [6, 6.07) is 7.89. The maximum atomic E-state index is 13.2. The third kappa shape index (κ3) is 5.47. The Hall–Kier alpha value is -2.46. The van der Waals surface area contributed by atoms with Gasteiger partial charge in [0.1, 0.15) is 12.3 Å². The molecule has 2 aromatic rings. The summed E-state index contributed by atoms with van der Waals surface area (Å²) < 4.78 is 70.1. The van der Waals surface area contributed by atoms with Crippen LogP contribution >= 0.6 is 11.6 Å². The number of sulfonamides is 1. The standard InChI is InChI=1S/C21H22ClF3N2O4S/c1-31-15-7-8-16-13(10-15)4-3-5-19(16)26-20(28)12-27(32(2,29)30)14-6-9-18(22)17(11-14)21(23,24)25/h6-11,19H,3-5,12H2,1-2H3,(H,26,28). The lowest BCUT2D eigenvalue weighted by Gasteiger charge is -2.28. The van der Waals surface area contributed by atoms with Crippen LogP contribution in [0.2, 0.25) is 5.02 Å². The Kier molecular flexibility index (Phi) is 6.94. The SMILES string of the molecule is COc1ccc2c(c1)CCCC2NC(=O)CN(c1ccc(Cl)c(C(F)(F)F)c1)S(C)(=O)=O. The molecule has 1 aliphatic carbocycles. The lowest BCUT2D eigenvalue weighted by atomic mass is 9.87. The normalized spacial score (nSPS) is 16.2. The van der Waals surface area contributed by atoms with Crippen LogP contribution in [0.3, 0.4) is 0 Å². The smallest absolute Gasteiger partial charge is 0.417 e. The molecular weight excluding hydrogens is 469 g/mol. The molecule has 2 aromatic carbocycles. The van der Waals surface area contributed by atoms with Crippen molar-refractivity contribution in [1.29, 1.82) is 0 Å². The third-order valence-electron chi connectivity index (χ3n) is 5.23. The minimum absolute atomic E-state index is 0.298. The highest BCUT2D eigenvalue weighted by molar-refractivity contribution is 7.92. The van der Waals surface area contributed by atoms with E-state index in [-0.39, 0.29) is 11.7 Å². The first-order chi connectivity index (χ1) is 14.9. The van der Waals surface area contributed by atoms with Crippen LogP contribution in [-0.4, -0.2) is 34.2 Å². The van der Waals surface area contributed by atoms with Crippen molar-refractivity contribution in [3.05, 3.63) is 58.1 Å². The summed E-state index contributed by atoms with van der Waals surface area (Å²) >= 11 is 5.63. The first-order valence-electron chi connectivity index (χ1n) is 9.71. The number of benzene rings is 2. The van der Waals surface area contributed by atoms with Crippen molar-refractivity contribution in [2.75, 3.05) is 24.2 Å². The Labute approximate surface area is 189 Å². The molecule has 174 valence electrons. The van der Waals surface area contributed by atoms with Crippen LogP contribution in [0.4, 0.5) is 18.9 Å². The third-order valence-corrected chi connectivity index (χ3v) is 6.70. The molecule has 6 nitrogen and oxygen atoms in total. The number of anilines is 1. The average molecular weight is 491 g/mol. The van der Waals surface area contributed by atoms with Gasteiger partial charge < -0.3 is 10.1 Å². The summed E-state index contributed by atoms with van der Waals surface area (Å²) in [6.07, 6.45) is -1.66. The van der Waals surface area contributed by atoms with Crippen LogP contribution in [0, 0.1) is 0 Å². The van der Waals surface area contributed by atoms with Gasteiger partial charge in [0, 0.05) is 0 Å². The number of ether oxygens (including phenoxy) is 1. The lowest BCUT2D eigenvalue weighted by molar-refractivity contribution is -0.137. The van der Waals surface area contributed by atoms with E-state index in [0.717, 1.165) is 42.4 Å². The molecule has 0 aliphatic heterocycles. The number of nitrogens with one attached hydrogen (secondary N) is 1. The van der Waals surface area contributed by atoms with Crippen LogP contribution in [0.5, 0.6) is 5.75 Å². The van der Waals surface area contributed by atoms with Crippen LogP contribution in [0.15, 0.2) is 36.4 Å². The van der Waals surface area contributed by atoms with Gasteiger partial charge in [-0.15, -0.1) is 0 Å². The van der Waals surface area contributed by atoms with Crippen molar-refractivity contribution in [1.82, 2.24) is 5.32 Å². The summed E-state index contributed by atoms with van der Waals surface area (Å²) in [6.45, 7) is -0.667. The van der Waals surface area contributed by atoms with Crippen molar-refractivity contribution in [3.8, 4) is 5.75 Å². The molecule has 1 atom stereocenters. The molecule has 1 unspecified atom stereocenters. The summed E-state index contributed by atoms with van der Waals surface area (Å²) in [5.74, 6) is 0.0646. The van der Waals surface area contributed by atoms with E-state index in [4.69, 9.17) is 16.3 Å². The fraction of sp³-hybridized carbons (Fsp3) is 0.381. The Morgan fingerprint density at radius 3 is 2.59 bits per heavy atom. The fourth-order valence-corrected chi connectivity index (χ4v) is 4.80. The molecule has 0 fully saturated rings. The molecule has 0 bridgehead atoms. The molecule has 3 rings (SSSR count). The number of hydrogen-bond donors (Lipinski definition) is 1. The highest BCUT2D eigenvalue weighted by Crippen LogP contribution is 2.37. The van der Waals surface area contributed by atoms with Crippen molar-refractivity contribution in [2.45, 2.75) is 31.5 Å². The molecule has 0 radical (unpaired) electrons. The number of aryl methyl sites for hydroxylation is 1. The quantitative estimate of drug-likeness (QED) is 0.654. The topological polar surface area (TPSA) is 75.7 Å². The van der Waals surface area contributed by atoms with Gasteiger partial charge in [0.05, 0.1) is 35.7 Å². The molecule has 0 spiro atoms. The predicted molar refractivity (Wildman–Crippen MR) is 115 cm³/mol. The minimum atomic E-state index is -4.77. The molecule has 1 amide bonds. The maximum Gasteiger partial charge on any atom is 0.417 e. The molecule has 1 aliphatic rings. The van der Waals surface area contributed by atoms with Crippen LogP contribution in [0.25, 0.3) is 0 Å². The zero-order valence-corrected chi connectivity index (χ0v) is 18.9. The average Bonchev–Trinajstić information content (AvgIpc) is 2.70. The number of amides is 1. The number of hydrogen-bond acceptors (Lipinski definition) is 4. The summed E-state index contributed by atoms with van der Waals surface area (Å²) in [7, 11) is -2.49. The Morgan fingerprint density at radius 2 is 1.97 bits per heavy atom. The van der Waals surface area contributed by atoms with Crippen LogP contribution in [-0.2, 0) is 27.4 Å². The number of methoxy groups -OCH3 is 1. The first-order valence-corrected chi connectivity index (χ1v) is 11.9. The van der Waals surface area contributed by atoms with Gasteiger partial charge in [-0.2, -0.15) is 13.2 Å². The second-order valence-electron chi connectivity index (χ2n) is 7.51. The molecule has 0 saturated heterocycles. The maximum absolute atomic E-state index is 13.2. The number of rotatable bonds is 6. The summed E-state index contributed by atoms with van der Waals surface area (Å²) in [4.78, 5) is 12.7. The lowest BCUT2D eigenvalue weighted by Crippen LogP contribution is -2.42. The molecule has 0 aromatic heterocycles. The minimum Gasteiger partial charge on any atom is -0.497 e. The van der Waals surface area contributed by atoms with Crippen molar-refractivity contribution in [2.24, 2.45) is 0 Å². The number of fused-ring (bicyclic) bond motifs is 1. The predicted octanol–water partition coefficient (Wildman–Crippen LogP) is 4.33. The number of carbonyl (C=O) groups excluding carboxylic acids is 1. The second-order valence-corrected chi connectivity index (χ2v) is 9.82. The van der Waals surface area contributed by atoms with E-state index in [9.17, 15) is 26.4 Å². The molecule has 0 heterocycles. The summed E-state index contributed by atoms with van der Waals surface area (Å²) in [5, 5.41) is 2.25. The Balaban J connectivity index is 1.84. The van der Waals surface area contributed by atoms with Crippen LogP contribution in [0.1, 0.15) is 35.6 Å². The summed E-state index contributed by atoms with van der Waals surface area (Å²) in [5.41, 5.74) is 0.449. The van der Waals surface area contributed by atoms with E-state index in [2.05, 4.69) is 5.32 Å². The van der Waals surface area contributed by atoms with E-state index in [0.29, 0.717) is 22.5 Å². The monoisotopic (exact) mass is 490 g/mol. The zero-order valence-electron chi connectivity index (χ0n) is 17.4. The van der Waals surface area contributed by atoms with E-state index in [1.165, 1.54) is 0 Å². The first kappa shape index (κ1) is 24.2. The van der Waals surface area contributed by atoms with Gasteiger partial charge >= 0.3 is 6.18 Å². The highest BCUT2D eigenvalue weighted by Gasteiger charge is 2.35. The van der Waals surface area contributed by atoms with E-state index in [1.54, 1.807) is 13.2 Å². The van der Waals surface area contributed by atoms with Gasteiger partial charge in [0.2, 0.25) is 15.9 Å². The Bertz CT molecular complexity index is 1120. The van der Waals surface area contributed by atoms with Crippen LogP contribution < -0.4 is 14.4 Å². The largest absolute Gasteiger partial charge is 0.497 e. The van der Waals surface area contributed by atoms with Crippen molar-refractivity contribution < 1.29 is 31.1 Å². The molecule has 0 saturated carbocycles. The van der Waals surface area contributed by atoms with Gasteiger partial charge in [-0.05, 0) is 60.7 Å². The van der Waals surface area contributed by atoms with Gasteiger partial charge in [0.25, 0.3) is 0 Å². The van der Waals surface area contributed by atoms with Gasteiger partial charge in [-0.3, -0.25) is 9.10 Å². The van der Waals surface area contributed by atoms with Gasteiger partial charge in [-0.25, -0.2) is 8.42 Å². The number of carbonyl (C=O) groups is 1. The van der Waals surface area contributed by atoms with Gasteiger partial charge in [-0.1, -0.05) is 17.7 Å². The van der Waals surface area contributed by atoms with E-state index < -0.39 is 39.2 Å². The molecular formula is C21H22ClF3N2O4S. The molecule has 11 heteroatoms. The molecule has 32 heavy (non-hydrogen) atoms.